The molecule has 0 spiro atoms. The van der Waals surface area contributed by atoms with Crippen LogP contribution in [0.1, 0.15) is 31.9 Å². The van der Waals surface area contributed by atoms with Gasteiger partial charge in [-0.15, -0.1) is 0 Å². The summed E-state index contributed by atoms with van der Waals surface area (Å²) in [5.74, 6) is 0. The zero-order valence-electron chi connectivity index (χ0n) is 18.3. The first-order chi connectivity index (χ1) is 15.0. The molecule has 1 saturated heterocycles. The largest absolute Gasteiger partial charge is 0.445 e. The molecule has 0 unspecified atom stereocenters. The average Bonchev–Trinajstić information content (AvgIpc) is 2.65. The van der Waals surface area contributed by atoms with Crippen LogP contribution in [0.15, 0.2) is 18.2 Å². The maximum Gasteiger partial charge on any atom is 0.418 e. The summed E-state index contributed by atoms with van der Waals surface area (Å²) in [6.07, 6.45) is -6.32. The van der Waals surface area contributed by atoms with Crippen LogP contribution in [-0.2, 0) is 22.2 Å². The van der Waals surface area contributed by atoms with Gasteiger partial charge in [0.1, 0.15) is 12.2 Å². The first-order valence-corrected chi connectivity index (χ1v) is 11.1. The van der Waals surface area contributed by atoms with Gasteiger partial charge in [-0.1, -0.05) is 40.9 Å². The minimum Gasteiger partial charge on any atom is -0.445 e. The van der Waals surface area contributed by atoms with E-state index in [-0.39, 0.29) is 6.54 Å². The zero-order chi connectivity index (χ0) is 25.0. The van der Waals surface area contributed by atoms with Gasteiger partial charge in [-0.2, -0.15) is 13.2 Å². The fraction of sp³-hybridized carbons (Fsp3) is 0.600. The van der Waals surface area contributed by atoms with Gasteiger partial charge < -0.3 is 14.4 Å². The molecular formula is C20H25Cl3F3N3O4. The van der Waals surface area contributed by atoms with E-state index in [1.807, 2.05) is 10.2 Å². The Balaban J connectivity index is 2.01. The van der Waals surface area contributed by atoms with Crippen molar-refractivity contribution >= 4 is 52.7 Å². The van der Waals surface area contributed by atoms with Crippen LogP contribution in [0.25, 0.3) is 0 Å². The molecule has 0 aromatic heterocycles. The van der Waals surface area contributed by atoms with Crippen LogP contribution in [0.5, 0.6) is 0 Å². The Morgan fingerprint density at radius 3 is 2.18 bits per heavy atom. The SMILES string of the molecule is CC(C)(C)OC(=O)N1CCN(Cc2ccc(NC(=O)OCC(Cl)(Cl)Cl)c(C(F)(F)F)c2)CC1. The molecular weight excluding hydrogens is 510 g/mol. The van der Waals surface area contributed by atoms with Gasteiger partial charge in [0.05, 0.1) is 11.3 Å². The molecule has 1 aliphatic heterocycles. The molecule has 1 aliphatic rings. The highest BCUT2D eigenvalue weighted by molar-refractivity contribution is 6.67. The number of amides is 2. The molecule has 13 heteroatoms. The highest BCUT2D eigenvalue weighted by atomic mass is 35.6. The number of carbonyl (C=O) groups excluding carboxylic acids is 2. The van der Waals surface area contributed by atoms with E-state index < -0.39 is 45.6 Å². The number of anilines is 1. The van der Waals surface area contributed by atoms with Gasteiger partial charge in [0.25, 0.3) is 0 Å². The van der Waals surface area contributed by atoms with Gasteiger partial charge in [0, 0.05) is 32.7 Å². The van der Waals surface area contributed by atoms with Gasteiger partial charge in [0.2, 0.25) is 3.79 Å². The second kappa shape index (κ2) is 10.8. The molecule has 1 fully saturated rings. The minimum atomic E-state index is -4.72. The summed E-state index contributed by atoms with van der Waals surface area (Å²) in [4.78, 5) is 27.4. The molecule has 0 saturated carbocycles. The van der Waals surface area contributed by atoms with Gasteiger partial charge in [-0.25, -0.2) is 9.59 Å². The number of nitrogens with zero attached hydrogens (tertiary/aromatic N) is 2. The Morgan fingerprint density at radius 2 is 1.67 bits per heavy atom. The number of halogens is 6. The lowest BCUT2D eigenvalue weighted by Gasteiger charge is -2.35. The maximum atomic E-state index is 13.6. The number of hydrogen-bond acceptors (Lipinski definition) is 5. The van der Waals surface area contributed by atoms with Crippen LogP contribution in [0, 0.1) is 0 Å². The van der Waals surface area contributed by atoms with Crippen molar-refractivity contribution in [3.8, 4) is 0 Å². The number of piperazine rings is 1. The number of nitrogens with one attached hydrogen (secondary N) is 1. The van der Waals surface area contributed by atoms with Crippen molar-refractivity contribution in [2.45, 2.75) is 42.9 Å². The van der Waals surface area contributed by atoms with Crippen molar-refractivity contribution in [3.63, 3.8) is 0 Å². The van der Waals surface area contributed by atoms with Crippen molar-refractivity contribution in [1.29, 1.82) is 0 Å². The fourth-order valence-corrected chi connectivity index (χ4v) is 3.16. The van der Waals surface area contributed by atoms with E-state index in [0.717, 1.165) is 12.1 Å². The normalized spacial score (nSPS) is 15.8. The molecule has 2 amide bonds. The standard InChI is InChI=1S/C20H25Cl3F3N3O4/c1-18(2,3)33-17(31)29-8-6-28(7-9-29)11-13-4-5-15(14(10-13)20(24,25)26)27-16(30)32-12-19(21,22)23/h4-5,10H,6-9,11-12H2,1-3H3,(H,27,30). The van der Waals surface area contributed by atoms with E-state index in [9.17, 15) is 22.8 Å². The van der Waals surface area contributed by atoms with E-state index in [2.05, 4.69) is 4.74 Å². The van der Waals surface area contributed by atoms with Gasteiger partial charge in [-0.05, 0) is 38.5 Å². The number of hydrogen-bond donors (Lipinski definition) is 1. The summed E-state index contributed by atoms with van der Waals surface area (Å²) in [6, 6.07) is 3.58. The third kappa shape index (κ3) is 9.64. The smallest absolute Gasteiger partial charge is 0.418 e. The van der Waals surface area contributed by atoms with E-state index in [1.165, 1.54) is 6.07 Å². The molecule has 0 radical (unpaired) electrons. The quantitative estimate of drug-likeness (QED) is 0.504. The van der Waals surface area contributed by atoms with Crippen LogP contribution in [-0.4, -0.2) is 64.2 Å². The lowest BCUT2D eigenvalue weighted by Crippen LogP contribution is -2.49. The molecule has 0 atom stereocenters. The van der Waals surface area contributed by atoms with Gasteiger partial charge in [0.15, 0.2) is 0 Å². The van der Waals surface area contributed by atoms with Gasteiger partial charge >= 0.3 is 18.4 Å². The molecule has 186 valence electrons. The molecule has 1 heterocycles. The minimum absolute atomic E-state index is 0.239. The number of rotatable bonds is 4. The third-order valence-corrected chi connectivity index (χ3v) is 4.75. The maximum absolute atomic E-state index is 13.6. The summed E-state index contributed by atoms with van der Waals surface area (Å²) < 4.78 is 48.8. The molecule has 1 aromatic carbocycles. The van der Waals surface area contributed by atoms with Crippen LogP contribution < -0.4 is 5.32 Å². The Morgan fingerprint density at radius 1 is 1.06 bits per heavy atom. The van der Waals surface area contributed by atoms with Crippen molar-refractivity contribution < 1.29 is 32.2 Å². The summed E-state index contributed by atoms with van der Waals surface area (Å²) in [6.45, 7) is 6.69. The van der Waals surface area contributed by atoms with E-state index in [1.54, 1.807) is 25.7 Å². The second-order valence-corrected chi connectivity index (χ2v) is 11.0. The lowest BCUT2D eigenvalue weighted by atomic mass is 10.1. The van der Waals surface area contributed by atoms with Crippen molar-refractivity contribution in [1.82, 2.24) is 9.80 Å². The molecule has 0 aliphatic carbocycles. The topological polar surface area (TPSA) is 71.1 Å². The molecule has 0 bridgehead atoms. The summed E-state index contributed by atoms with van der Waals surface area (Å²) in [5.41, 5.74) is -1.72. The van der Waals surface area contributed by atoms with E-state index in [0.29, 0.717) is 31.7 Å². The predicted molar refractivity (Wildman–Crippen MR) is 120 cm³/mol. The Bertz CT molecular complexity index is 850. The first-order valence-electron chi connectivity index (χ1n) is 9.94. The van der Waals surface area contributed by atoms with Crippen molar-refractivity contribution in [3.05, 3.63) is 29.3 Å². The lowest BCUT2D eigenvalue weighted by molar-refractivity contribution is -0.137. The Labute approximate surface area is 205 Å². The molecule has 2 rings (SSSR count). The second-order valence-electron chi connectivity index (χ2n) is 8.44. The van der Waals surface area contributed by atoms with E-state index in [4.69, 9.17) is 39.5 Å². The molecule has 7 nitrogen and oxygen atoms in total. The summed E-state index contributed by atoms with van der Waals surface area (Å²) in [7, 11) is 0. The number of ether oxygens (including phenoxy) is 2. The fourth-order valence-electron chi connectivity index (χ4n) is 3.00. The van der Waals surface area contributed by atoms with Crippen LogP contribution in [0.2, 0.25) is 0 Å². The highest BCUT2D eigenvalue weighted by Crippen LogP contribution is 2.36. The Hall–Kier alpha value is -1.62. The van der Waals surface area contributed by atoms with Crippen LogP contribution in [0.4, 0.5) is 28.4 Å². The number of alkyl halides is 6. The third-order valence-electron chi connectivity index (χ3n) is 4.42. The zero-order valence-corrected chi connectivity index (χ0v) is 20.5. The molecule has 33 heavy (non-hydrogen) atoms. The van der Waals surface area contributed by atoms with Crippen LogP contribution in [0.3, 0.4) is 0 Å². The van der Waals surface area contributed by atoms with Crippen LogP contribution >= 0.6 is 34.8 Å². The summed E-state index contributed by atoms with van der Waals surface area (Å²) in [5, 5.41) is 2.03. The first kappa shape index (κ1) is 27.6. The Kier molecular flexibility index (Phi) is 9.00. The monoisotopic (exact) mass is 533 g/mol. The molecule has 1 N–H and O–H groups in total. The van der Waals surface area contributed by atoms with Crippen molar-refractivity contribution in [2.75, 3.05) is 38.1 Å². The van der Waals surface area contributed by atoms with E-state index >= 15 is 0 Å². The van der Waals surface area contributed by atoms with Crippen molar-refractivity contribution in [2.24, 2.45) is 0 Å². The van der Waals surface area contributed by atoms with Gasteiger partial charge in [-0.3, -0.25) is 10.2 Å². The number of benzene rings is 1. The molecule has 1 aromatic rings. The highest BCUT2D eigenvalue weighted by Gasteiger charge is 2.35. The predicted octanol–water partition coefficient (Wildman–Crippen LogP) is 5.68. The average molecular weight is 535 g/mol. The number of carbonyl (C=O) groups is 2. The summed E-state index contributed by atoms with van der Waals surface area (Å²) >= 11 is 16.4.